The Hall–Kier alpha value is -4.72. The Morgan fingerprint density at radius 2 is 1.20 bits per heavy atom. The highest BCUT2D eigenvalue weighted by molar-refractivity contribution is 7.36. The zero-order valence-corrected chi connectivity index (χ0v) is 23.5. The molecule has 0 bridgehead atoms. The highest BCUT2D eigenvalue weighted by Gasteiger charge is 2.26. The molecule has 0 saturated heterocycles. The number of phenols is 1. The second kappa shape index (κ2) is 7.32. The smallest absolute Gasteiger partial charge is 0.196 e. The molecule has 0 amide bonds. The number of aromatic nitrogens is 1. The lowest BCUT2D eigenvalue weighted by atomic mass is 10.1. The van der Waals surface area contributed by atoms with E-state index in [-0.39, 0.29) is 5.75 Å². The Labute approximate surface area is 239 Å². The van der Waals surface area contributed by atoms with E-state index in [4.69, 9.17) is 13.3 Å². The number of nitrogens with zero attached hydrogens (tertiary/aromatic N) is 1. The van der Waals surface area contributed by atoms with Crippen molar-refractivity contribution >= 4 is 108 Å². The lowest BCUT2D eigenvalue weighted by molar-refractivity contribution is 0.475. The maximum absolute atomic E-state index is 10.0. The number of thiophene rings is 2. The van der Waals surface area contributed by atoms with Crippen molar-refractivity contribution in [2.75, 3.05) is 0 Å². The van der Waals surface area contributed by atoms with Gasteiger partial charge < -0.3 is 22.9 Å². The summed E-state index contributed by atoms with van der Waals surface area (Å²) in [5, 5.41) is 14.3. The van der Waals surface area contributed by atoms with Gasteiger partial charge in [-0.25, -0.2) is 0 Å². The molecule has 0 atom stereocenters. The quantitative estimate of drug-likeness (QED) is 0.214. The summed E-state index contributed by atoms with van der Waals surface area (Å²) >= 11 is 3.59. The van der Waals surface area contributed by atoms with Crippen molar-refractivity contribution in [3.05, 3.63) is 83.9 Å². The third-order valence-corrected chi connectivity index (χ3v) is 10.7. The first kappa shape index (κ1) is 22.0. The number of furan rings is 3. The van der Waals surface area contributed by atoms with E-state index in [1.54, 1.807) is 34.8 Å². The highest BCUT2D eigenvalue weighted by Crippen LogP contribution is 2.50. The van der Waals surface area contributed by atoms with Crippen LogP contribution in [0.1, 0.15) is 11.1 Å². The van der Waals surface area contributed by atoms with Crippen LogP contribution in [-0.2, 0) is 0 Å². The lowest BCUT2D eigenvalue weighted by Gasteiger charge is -2.07. The van der Waals surface area contributed by atoms with Crippen LogP contribution in [0.25, 0.3) is 90.6 Å². The molecule has 1 N–H and O–H groups in total. The molecule has 0 spiro atoms. The number of phenolic OH excluding ortho intramolecular Hbond substituents is 1. The molecular formula is C34H19NO4S2. The van der Waals surface area contributed by atoms with Gasteiger partial charge >= 0.3 is 0 Å². The molecule has 0 radical (unpaired) electrons. The van der Waals surface area contributed by atoms with Gasteiger partial charge in [-0.15, -0.1) is 22.7 Å². The molecule has 5 nitrogen and oxygen atoms in total. The fourth-order valence-electron chi connectivity index (χ4n) is 6.35. The van der Waals surface area contributed by atoms with Gasteiger partial charge in [-0.3, -0.25) is 0 Å². The first-order valence-corrected chi connectivity index (χ1v) is 15.0. The molecule has 0 aliphatic carbocycles. The third kappa shape index (κ3) is 2.75. The van der Waals surface area contributed by atoms with Crippen molar-refractivity contribution < 1.29 is 18.4 Å². The predicted molar refractivity (Wildman–Crippen MR) is 170 cm³/mol. The number of rotatable bonds is 1. The van der Waals surface area contributed by atoms with Gasteiger partial charge in [-0.2, -0.15) is 0 Å². The van der Waals surface area contributed by atoms with Crippen LogP contribution in [0.4, 0.5) is 0 Å². The third-order valence-electron chi connectivity index (χ3n) is 8.22. The van der Waals surface area contributed by atoms with Gasteiger partial charge in [0.25, 0.3) is 0 Å². The zero-order valence-electron chi connectivity index (χ0n) is 21.9. The minimum atomic E-state index is 0.221. The van der Waals surface area contributed by atoms with Crippen molar-refractivity contribution in [2.45, 2.75) is 13.8 Å². The van der Waals surface area contributed by atoms with Crippen molar-refractivity contribution in [1.29, 1.82) is 0 Å². The van der Waals surface area contributed by atoms with E-state index < -0.39 is 0 Å². The first-order chi connectivity index (χ1) is 20.0. The van der Waals surface area contributed by atoms with Crippen LogP contribution in [0.3, 0.4) is 0 Å². The summed E-state index contributed by atoms with van der Waals surface area (Å²) in [5.41, 5.74) is 10.00. The number of benzene rings is 4. The second-order valence-electron chi connectivity index (χ2n) is 10.9. The average Bonchev–Trinajstić information content (AvgIpc) is 3.76. The molecular weight excluding hydrogens is 551 g/mol. The molecule has 0 aliphatic heterocycles. The fraction of sp³-hybridized carbons (Fsp3) is 0.0588. The van der Waals surface area contributed by atoms with Gasteiger partial charge in [0.15, 0.2) is 16.7 Å². The Balaban J connectivity index is 1.33. The molecule has 196 valence electrons. The molecule has 10 rings (SSSR count). The predicted octanol–water partition coefficient (Wildman–Crippen LogP) is 10.9. The normalized spacial score (nSPS) is 12.7. The Kier molecular flexibility index (Phi) is 3.93. The Morgan fingerprint density at radius 1 is 0.561 bits per heavy atom. The van der Waals surface area contributed by atoms with Gasteiger partial charge in [0.05, 0.1) is 14.1 Å². The number of aryl methyl sites for hydroxylation is 2. The van der Waals surface area contributed by atoms with E-state index in [0.29, 0.717) is 11.2 Å². The van der Waals surface area contributed by atoms with Gasteiger partial charge in [-0.05, 0) is 79.6 Å². The molecule has 0 saturated carbocycles. The SMILES string of the molecule is Cc1ccc2c(c1)oc1c3oc4cc5c(cc4c3n(-c3ccc(O)cc3)c21)oc1c5sc2c3ccc(C)cc3sc12. The number of hydrogen-bond acceptors (Lipinski definition) is 6. The summed E-state index contributed by atoms with van der Waals surface area (Å²) in [4.78, 5) is 0. The molecule has 6 heterocycles. The van der Waals surface area contributed by atoms with Crippen LogP contribution in [0.2, 0.25) is 0 Å². The van der Waals surface area contributed by atoms with Gasteiger partial charge in [0.1, 0.15) is 33.5 Å². The average molecular weight is 570 g/mol. The van der Waals surface area contributed by atoms with Crippen molar-refractivity contribution in [1.82, 2.24) is 4.57 Å². The molecule has 4 aromatic carbocycles. The number of fused-ring (bicyclic) bond motifs is 14. The molecule has 7 heteroatoms. The van der Waals surface area contributed by atoms with Gasteiger partial charge in [0, 0.05) is 31.9 Å². The fourth-order valence-corrected chi connectivity index (χ4v) is 9.09. The van der Waals surface area contributed by atoms with Crippen LogP contribution < -0.4 is 0 Å². The summed E-state index contributed by atoms with van der Waals surface area (Å²) in [6, 6.07) is 24.4. The van der Waals surface area contributed by atoms with Crippen LogP contribution in [0, 0.1) is 13.8 Å². The molecule has 10 aromatic rings. The van der Waals surface area contributed by atoms with Crippen molar-refractivity contribution in [2.24, 2.45) is 0 Å². The van der Waals surface area contributed by atoms with E-state index >= 15 is 0 Å². The topological polar surface area (TPSA) is 64.6 Å². The lowest BCUT2D eigenvalue weighted by Crippen LogP contribution is -1.93. The number of hydrogen-bond donors (Lipinski definition) is 1. The zero-order chi connectivity index (χ0) is 27.1. The van der Waals surface area contributed by atoms with Crippen molar-refractivity contribution in [3.63, 3.8) is 0 Å². The second-order valence-corrected chi connectivity index (χ2v) is 13.0. The maximum Gasteiger partial charge on any atom is 0.196 e. The summed E-state index contributed by atoms with van der Waals surface area (Å²) in [6.45, 7) is 4.19. The molecule has 0 unspecified atom stereocenters. The Bertz CT molecular complexity index is 2720. The highest BCUT2D eigenvalue weighted by atomic mass is 32.1. The van der Waals surface area contributed by atoms with Gasteiger partial charge in [-0.1, -0.05) is 18.2 Å². The van der Waals surface area contributed by atoms with E-state index in [1.807, 2.05) is 12.1 Å². The van der Waals surface area contributed by atoms with Crippen molar-refractivity contribution in [3.8, 4) is 11.4 Å². The molecule has 6 aromatic heterocycles. The minimum absolute atomic E-state index is 0.221. The van der Waals surface area contributed by atoms with Crippen LogP contribution in [0.15, 0.2) is 86.0 Å². The van der Waals surface area contributed by atoms with Crippen LogP contribution in [0.5, 0.6) is 5.75 Å². The van der Waals surface area contributed by atoms with E-state index in [0.717, 1.165) is 65.5 Å². The number of aromatic hydroxyl groups is 1. The van der Waals surface area contributed by atoms with Crippen LogP contribution in [-0.4, -0.2) is 9.67 Å². The standard InChI is InChI=1S/C34H19NO4S2/c1-15-3-9-19-23(11-15)37-29-27(19)35(17-5-7-18(36)8-6-17)28-21-13-25-22(14-24(21)38-30(28)29)32-31(39-25)34-33(41-32)20-10-4-16(2)12-26(20)40-34/h3-14,36H,1-2H3. The minimum Gasteiger partial charge on any atom is -0.508 e. The molecule has 0 fully saturated rings. The summed E-state index contributed by atoms with van der Waals surface area (Å²) in [7, 11) is 0. The Morgan fingerprint density at radius 3 is 2.00 bits per heavy atom. The summed E-state index contributed by atoms with van der Waals surface area (Å²) < 4.78 is 26.8. The monoisotopic (exact) mass is 569 g/mol. The maximum atomic E-state index is 10.0. The van der Waals surface area contributed by atoms with Gasteiger partial charge in [0.2, 0.25) is 0 Å². The summed E-state index contributed by atoms with van der Waals surface area (Å²) in [5.74, 6) is 0.221. The van der Waals surface area contributed by atoms with E-state index in [2.05, 4.69) is 66.9 Å². The summed E-state index contributed by atoms with van der Waals surface area (Å²) in [6.07, 6.45) is 0. The van der Waals surface area contributed by atoms with Crippen LogP contribution >= 0.6 is 22.7 Å². The molecule has 0 aliphatic rings. The largest absolute Gasteiger partial charge is 0.508 e. The first-order valence-electron chi connectivity index (χ1n) is 13.4. The molecule has 41 heavy (non-hydrogen) atoms. The van der Waals surface area contributed by atoms with E-state index in [9.17, 15) is 5.11 Å². The van der Waals surface area contributed by atoms with E-state index in [1.165, 1.54) is 25.0 Å².